The van der Waals surface area contributed by atoms with Crippen molar-refractivity contribution >= 4 is 21.8 Å². The number of fused-ring (bicyclic) bond motifs is 3. The normalized spacial score (nSPS) is 11.4. The standard InChI is InChI=1S/C27H24N2/c1-3-19-11-5-6-12-21(19)23-18-24-22-13-7-8-14-25(22)29(26(24)17-20(23)4-2)27-15-9-10-16-28-27/h5-18H,3-4H2,1-2H3. The topological polar surface area (TPSA) is 17.8 Å². The third kappa shape index (κ3) is 2.84. The number of hydrogen-bond donors (Lipinski definition) is 0. The molecule has 0 aliphatic heterocycles. The number of para-hydroxylation sites is 1. The second-order valence-corrected chi connectivity index (χ2v) is 7.43. The van der Waals surface area contributed by atoms with E-state index in [0.29, 0.717) is 0 Å². The van der Waals surface area contributed by atoms with Crippen molar-refractivity contribution in [3.8, 4) is 16.9 Å². The highest BCUT2D eigenvalue weighted by Gasteiger charge is 2.16. The van der Waals surface area contributed by atoms with Crippen LogP contribution in [-0.2, 0) is 12.8 Å². The van der Waals surface area contributed by atoms with Gasteiger partial charge in [-0.2, -0.15) is 0 Å². The second kappa shape index (κ2) is 7.21. The molecule has 0 saturated carbocycles. The Hall–Kier alpha value is -3.39. The first-order chi connectivity index (χ1) is 14.3. The van der Waals surface area contributed by atoms with Crippen LogP contribution in [0.3, 0.4) is 0 Å². The first-order valence-corrected chi connectivity index (χ1v) is 10.4. The number of rotatable bonds is 4. The van der Waals surface area contributed by atoms with Gasteiger partial charge < -0.3 is 0 Å². The van der Waals surface area contributed by atoms with Crippen molar-refractivity contribution in [2.75, 3.05) is 0 Å². The fourth-order valence-electron chi connectivity index (χ4n) is 4.43. The molecule has 5 aromatic rings. The number of aromatic nitrogens is 2. The summed E-state index contributed by atoms with van der Waals surface area (Å²) < 4.78 is 2.29. The zero-order valence-corrected chi connectivity index (χ0v) is 16.9. The van der Waals surface area contributed by atoms with Crippen LogP contribution in [0.25, 0.3) is 38.8 Å². The first-order valence-electron chi connectivity index (χ1n) is 10.4. The molecule has 0 bridgehead atoms. The minimum atomic E-state index is 0.961. The summed E-state index contributed by atoms with van der Waals surface area (Å²) >= 11 is 0. The molecule has 2 nitrogen and oxygen atoms in total. The molecule has 2 aromatic heterocycles. The number of nitrogens with zero attached hydrogens (tertiary/aromatic N) is 2. The Kier molecular flexibility index (Phi) is 4.40. The molecule has 3 aromatic carbocycles. The van der Waals surface area contributed by atoms with E-state index in [1.54, 1.807) is 0 Å². The van der Waals surface area contributed by atoms with E-state index in [0.717, 1.165) is 18.7 Å². The van der Waals surface area contributed by atoms with Gasteiger partial charge in [-0.3, -0.25) is 4.57 Å². The maximum Gasteiger partial charge on any atom is 0.137 e. The lowest BCUT2D eigenvalue weighted by Crippen LogP contribution is -1.98. The van der Waals surface area contributed by atoms with Gasteiger partial charge in [0.1, 0.15) is 5.82 Å². The summed E-state index contributed by atoms with van der Waals surface area (Å²) in [6.45, 7) is 4.48. The van der Waals surface area contributed by atoms with E-state index in [-0.39, 0.29) is 0 Å². The predicted molar refractivity (Wildman–Crippen MR) is 123 cm³/mol. The molecule has 0 fully saturated rings. The van der Waals surface area contributed by atoms with Crippen LogP contribution in [0.15, 0.2) is 85.1 Å². The smallest absolute Gasteiger partial charge is 0.137 e. The minimum Gasteiger partial charge on any atom is -0.294 e. The van der Waals surface area contributed by atoms with E-state index in [1.165, 1.54) is 44.1 Å². The molecule has 0 saturated heterocycles. The average molecular weight is 377 g/mol. The van der Waals surface area contributed by atoms with Crippen molar-refractivity contribution in [3.63, 3.8) is 0 Å². The Labute approximate surface area is 171 Å². The number of benzene rings is 3. The lowest BCUT2D eigenvalue weighted by Gasteiger charge is -2.14. The van der Waals surface area contributed by atoms with E-state index < -0.39 is 0 Å². The van der Waals surface area contributed by atoms with Gasteiger partial charge in [0.2, 0.25) is 0 Å². The van der Waals surface area contributed by atoms with E-state index in [9.17, 15) is 0 Å². The lowest BCUT2D eigenvalue weighted by molar-refractivity contribution is 1.07. The van der Waals surface area contributed by atoms with E-state index >= 15 is 0 Å². The molecule has 0 unspecified atom stereocenters. The molecule has 0 radical (unpaired) electrons. The molecule has 142 valence electrons. The summed E-state index contributed by atoms with van der Waals surface area (Å²) in [7, 11) is 0. The molecular weight excluding hydrogens is 352 g/mol. The SMILES string of the molecule is CCc1ccccc1-c1cc2c3ccccc3n(-c3ccccn3)c2cc1CC. The maximum absolute atomic E-state index is 4.65. The summed E-state index contributed by atoms with van der Waals surface area (Å²) in [5.74, 6) is 0.961. The summed E-state index contributed by atoms with van der Waals surface area (Å²) in [4.78, 5) is 4.65. The molecule has 0 atom stereocenters. The summed E-state index contributed by atoms with van der Waals surface area (Å²) in [6.07, 6.45) is 3.89. The lowest BCUT2D eigenvalue weighted by atomic mass is 9.91. The molecular formula is C27H24N2. The zero-order chi connectivity index (χ0) is 19.8. The van der Waals surface area contributed by atoms with Crippen LogP contribution in [-0.4, -0.2) is 9.55 Å². The second-order valence-electron chi connectivity index (χ2n) is 7.43. The van der Waals surface area contributed by atoms with Gasteiger partial charge in [0.15, 0.2) is 0 Å². The molecule has 29 heavy (non-hydrogen) atoms. The van der Waals surface area contributed by atoms with Gasteiger partial charge in [-0.1, -0.05) is 62.4 Å². The number of hydrogen-bond acceptors (Lipinski definition) is 1. The Morgan fingerprint density at radius 1 is 0.655 bits per heavy atom. The van der Waals surface area contributed by atoms with Crippen LogP contribution in [0.4, 0.5) is 0 Å². The van der Waals surface area contributed by atoms with Crippen molar-refractivity contribution < 1.29 is 0 Å². The summed E-state index contributed by atoms with van der Waals surface area (Å²) in [6, 6.07) is 28.3. The first kappa shape index (κ1) is 17.7. The van der Waals surface area contributed by atoms with E-state index in [4.69, 9.17) is 0 Å². The summed E-state index contributed by atoms with van der Waals surface area (Å²) in [5.41, 5.74) is 7.89. The molecule has 0 N–H and O–H groups in total. The van der Waals surface area contributed by atoms with Crippen LogP contribution in [0.2, 0.25) is 0 Å². The third-order valence-electron chi connectivity index (χ3n) is 5.85. The fraction of sp³-hybridized carbons (Fsp3) is 0.148. The van der Waals surface area contributed by atoms with Crippen LogP contribution in [0.1, 0.15) is 25.0 Å². The molecule has 0 aliphatic carbocycles. The third-order valence-corrected chi connectivity index (χ3v) is 5.85. The Morgan fingerprint density at radius 2 is 1.41 bits per heavy atom. The van der Waals surface area contributed by atoms with Crippen LogP contribution >= 0.6 is 0 Å². The van der Waals surface area contributed by atoms with Crippen molar-refractivity contribution in [3.05, 3.63) is 96.2 Å². The van der Waals surface area contributed by atoms with Crippen molar-refractivity contribution in [1.82, 2.24) is 9.55 Å². The Bertz CT molecular complexity index is 1310. The molecule has 0 aliphatic rings. The molecule has 2 heteroatoms. The van der Waals surface area contributed by atoms with Gasteiger partial charge in [-0.05, 0) is 65.4 Å². The Morgan fingerprint density at radius 3 is 2.21 bits per heavy atom. The zero-order valence-electron chi connectivity index (χ0n) is 16.9. The highest BCUT2D eigenvalue weighted by atomic mass is 15.1. The average Bonchev–Trinajstić information content (AvgIpc) is 3.12. The monoisotopic (exact) mass is 376 g/mol. The Balaban J connectivity index is 1.90. The van der Waals surface area contributed by atoms with Crippen molar-refractivity contribution in [2.24, 2.45) is 0 Å². The van der Waals surface area contributed by atoms with Gasteiger partial charge in [-0.15, -0.1) is 0 Å². The van der Waals surface area contributed by atoms with E-state index in [1.807, 2.05) is 12.3 Å². The number of pyridine rings is 1. The highest BCUT2D eigenvalue weighted by Crippen LogP contribution is 2.37. The largest absolute Gasteiger partial charge is 0.294 e. The maximum atomic E-state index is 4.65. The molecule has 0 amide bonds. The van der Waals surface area contributed by atoms with Gasteiger partial charge in [0.25, 0.3) is 0 Å². The van der Waals surface area contributed by atoms with Crippen LogP contribution in [0.5, 0.6) is 0 Å². The summed E-state index contributed by atoms with van der Waals surface area (Å²) in [5, 5.41) is 2.55. The predicted octanol–water partition coefficient (Wildman–Crippen LogP) is 6.97. The molecule has 0 spiro atoms. The van der Waals surface area contributed by atoms with Crippen molar-refractivity contribution in [1.29, 1.82) is 0 Å². The number of aryl methyl sites for hydroxylation is 2. The van der Waals surface area contributed by atoms with E-state index in [2.05, 4.69) is 96.2 Å². The van der Waals surface area contributed by atoms with Crippen LogP contribution in [0, 0.1) is 0 Å². The van der Waals surface area contributed by atoms with Crippen molar-refractivity contribution in [2.45, 2.75) is 26.7 Å². The van der Waals surface area contributed by atoms with Gasteiger partial charge >= 0.3 is 0 Å². The van der Waals surface area contributed by atoms with Gasteiger partial charge in [-0.25, -0.2) is 4.98 Å². The van der Waals surface area contributed by atoms with Crippen LogP contribution < -0.4 is 0 Å². The van der Waals surface area contributed by atoms with Gasteiger partial charge in [0.05, 0.1) is 11.0 Å². The molecule has 5 rings (SSSR count). The van der Waals surface area contributed by atoms with Gasteiger partial charge in [0, 0.05) is 17.0 Å². The quantitative estimate of drug-likeness (QED) is 0.331. The molecule has 2 heterocycles. The highest BCUT2D eigenvalue weighted by molar-refractivity contribution is 6.10. The minimum absolute atomic E-state index is 0.961. The fourth-order valence-corrected chi connectivity index (χ4v) is 4.43.